The molecule has 404 valence electrons. The molecular weight excluding hydrogens is 879 g/mol. The first-order valence-electron chi connectivity index (χ1n) is 29.3. The minimum Gasteiger partial charge on any atom is -0.394 e. The zero-order valence-corrected chi connectivity index (χ0v) is 46.4. The highest BCUT2D eigenvalue weighted by molar-refractivity contribution is 5.76. The highest BCUT2D eigenvalue weighted by Gasteiger charge is 2.17. The molecule has 3 N–H and O–H groups in total. The second-order valence-electron chi connectivity index (χ2n) is 19.0. The van der Waals surface area contributed by atoms with Crippen molar-refractivity contribution in [2.24, 2.45) is 0 Å². The summed E-state index contributed by atoms with van der Waals surface area (Å²) < 4.78 is 0. The lowest BCUT2D eigenvalue weighted by Gasteiger charge is -2.19. The Hall–Kier alpha value is -4.25. The van der Waals surface area contributed by atoms with Crippen LogP contribution in [0.2, 0.25) is 0 Å². The first-order valence-corrected chi connectivity index (χ1v) is 29.3. The number of hydrogen-bond donors (Lipinski definition) is 3. The maximum Gasteiger partial charge on any atom is 0.220 e. The Morgan fingerprint density at radius 2 is 0.625 bits per heavy atom. The van der Waals surface area contributed by atoms with Crippen molar-refractivity contribution in [2.45, 2.75) is 244 Å². The van der Waals surface area contributed by atoms with Gasteiger partial charge in [-0.2, -0.15) is 0 Å². The average molecular weight is 989 g/mol. The highest BCUT2D eigenvalue weighted by atomic mass is 16.3. The van der Waals surface area contributed by atoms with E-state index in [4.69, 9.17) is 0 Å². The number of hydrogen-bond acceptors (Lipinski definition) is 3. The van der Waals surface area contributed by atoms with E-state index in [1.54, 1.807) is 6.08 Å². The molecule has 4 heteroatoms. The Bertz CT molecular complexity index is 1590. The maximum atomic E-state index is 12.5. The number of unbranched alkanes of at least 4 members (excludes halogenated alkanes) is 18. The average Bonchev–Trinajstić information content (AvgIpc) is 3.39. The van der Waals surface area contributed by atoms with Crippen molar-refractivity contribution in [3.8, 4) is 0 Å². The molecule has 1 amide bonds. The van der Waals surface area contributed by atoms with E-state index in [0.29, 0.717) is 6.42 Å². The molecule has 0 aromatic heterocycles. The van der Waals surface area contributed by atoms with E-state index in [-0.39, 0.29) is 12.5 Å². The van der Waals surface area contributed by atoms with Crippen molar-refractivity contribution in [3.05, 3.63) is 170 Å². The van der Waals surface area contributed by atoms with Crippen LogP contribution < -0.4 is 5.32 Å². The predicted molar refractivity (Wildman–Crippen MR) is 321 cm³/mol. The monoisotopic (exact) mass is 988 g/mol. The zero-order valence-electron chi connectivity index (χ0n) is 46.4. The van der Waals surface area contributed by atoms with Crippen molar-refractivity contribution in [2.75, 3.05) is 6.61 Å². The Morgan fingerprint density at radius 1 is 0.347 bits per heavy atom. The molecule has 0 saturated heterocycles. The number of allylic oxidation sites excluding steroid dienone is 27. The highest BCUT2D eigenvalue weighted by Crippen LogP contribution is 2.14. The quantitative estimate of drug-likeness (QED) is 0.0420. The molecule has 0 saturated carbocycles. The molecule has 2 unspecified atom stereocenters. The van der Waals surface area contributed by atoms with Crippen LogP contribution in [-0.4, -0.2) is 34.9 Å². The summed E-state index contributed by atoms with van der Waals surface area (Å²) in [6, 6.07) is -0.666. The molecule has 2 atom stereocenters. The molecule has 0 aromatic rings. The van der Waals surface area contributed by atoms with E-state index in [9.17, 15) is 15.0 Å². The fraction of sp³-hybridized carbons (Fsp3) is 0.574. The van der Waals surface area contributed by atoms with Crippen molar-refractivity contribution in [1.29, 1.82) is 0 Å². The van der Waals surface area contributed by atoms with Crippen LogP contribution in [0.4, 0.5) is 0 Å². The number of carbonyl (C=O) groups is 1. The van der Waals surface area contributed by atoms with Gasteiger partial charge in [0.2, 0.25) is 5.91 Å². The van der Waals surface area contributed by atoms with E-state index >= 15 is 0 Å². The number of rotatable bonds is 51. The molecule has 72 heavy (non-hydrogen) atoms. The summed E-state index contributed by atoms with van der Waals surface area (Å²) in [5.41, 5.74) is 0. The van der Waals surface area contributed by atoms with Crippen LogP contribution in [0, 0.1) is 0 Å². The van der Waals surface area contributed by atoms with Gasteiger partial charge in [-0.1, -0.05) is 274 Å². The largest absolute Gasteiger partial charge is 0.394 e. The van der Waals surface area contributed by atoms with E-state index < -0.39 is 12.1 Å². The van der Waals surface area contributed by atoms with Gasteiger partial charge in [0.25, 0.3) is 0 Å². The van der Waals surface area contributed by atoms with E-state index in [1.165, 1.54) is 83.5 Å². The fourth-order valence-corrected chi connectivity index (χ4v) is 7.76. The van der Waals surface area contributed by atoms with E-state index in [2.05, 4.69) is 177 Å². The lowest BCUT2D eigenvalue weighted by atomic mass is 10.0. The Kier molecular flexibility index (Phi) is 57.4. The maximum absolute atomic E-state index is 12.5. The normalized spacial score (nSPS) is 14.1. The number of aliphatic hydroxyl groups excluding tert-OH is 2. The molecule has 0 rings (SSSR count). The SMILES string of the molecule is CC/C=C\C/C=C\C/C=C\C/C=C\C/C=C\C/C=C\C/C=C\C/C=C\C/C=C\C/C=C\C/C=C\C/C=C\CCCCCCC(=O)NC(CO)C(O)/C=C/CC/C=C/CCCCCCCCCCCCCCC. The Balaban J connectivity index is 3.73. The van der Waals surface area contributed by atoms with Crippen LogP contribution in [-0.2, 0) is 4.79 Å². The van der Waals surface area contributed by atoms with Crippen LogP contribution in [0.15, 0.2) is 170 Å². The number of nitrogens with one attached hydrogen (secondary N) is 1. The van der Waals surface area contributed by atoms with Gasteiger partial charge in [-0.25, -0.2) is 0 Å². The summed E-state index contributed by atoms with van der Waals surface area (Å²) in [6.07, 6.45) is 99.4. The van der Waals surface area contributed by atoms with Gasteiger partial charge in [0.15, 0.2) is 0 Å². The molecule has 0 spiro atoms. The minimum atomic E-state index is -0.886. The van der Waals surface area contributed by atoms with Gasteiger partial charge < -0.3 is 15.5 Å². The molecule has 0 fully saturated rings. The van der Waals surface area contributed by atoms with Crippen LogP contribution in [0.3, 0.4) is 0 Å². The number of carbonyl (C=O) groups excluding carboxylic acids is 1. The third-order valence-corrected chi connectivity index (χ3v) is 12.2. The molecule has 0 aliphatic heterocycles. The van der Waals surface area contributed by atoms with Crippen molar-refractivity contribution in [3.63, 3.8) is 0 Å². The summed E-state index contributed by atoms with van der Waals surface area (Å²) in [5, 5.41) is 23.1. The summed E-state index contributed by atoms with van der Waals surface area (Å²) in [7, 11) is 0. The summed E-state index contributed by atoms with van der Waals surface area (Å²) >= 11 is 0. The first kappa shape index (κ1) is 67.8. The smallest absolute Gasteiger partial charge is 0.220 e. The first-order chi connectivity index (χ1) is 35.7. The third-order valence-electron chi connectivity index (χ3n) is 12.2. The van der Waals surface area contributed by atoms with Gasteiger partial charge in [-0.3, -0.25) is 4.79 Å². The topological polar surface area (TPSA) is 69.6 Å². The molecule has 4 nitrogen and oxygen atoms in total. The molecule has 0 aliphatic carbocycles. The summed E-state index contributed by atoms with van der Waals surface area (Å²) in [4.78, 5) is 12.5. The van der Waals surface area contributed by atoms with Gasteiger partial charge >= 0.3 is 0 Å². The van der Waals surface area contributed by atoms with E-state index in [0.717, 1.165) is 128 Å². The molecule has 0 aromatic carbocycles. The van der Waals surface area contributed by atoms with Crippen LogP contribution >= 0.6 is 0 Å². The van der Waals surface area contributed by atoms with E-state index in [1.807, 2.05) is 6.08 Å². The van der Waals surface area contributed by atoms with Gasteiger partial charge in [0.1, 0.15) is 0 Å². The zero-order chi connectivity index (χ0) is 52.0. The summed E-state index contributed by atoms with van der Waals surface area (Å²) in [5.74, 6) is -0.105. The summed E-state index contributed by atoms with van der Waals surface area (Å²) in [6.45, 7) is 4.17. The standard InChI is InChI=1S/C68H109NO3/c1-3-5-7-9-11-13-15-17-19-21-23-24-25-26-27-28-29-30-31-32-33-34-35-36-37-38-39-40-41-42-43-44-46-48-50-52-54-56-58-60-62-64-68(72)69-66(65-70)67(71)63-61-59-57-55-53-51-49-47-45-22-20-18-16-14-12-10-8-6-4-2/h5,7,11,13,17,19,23-24,26-27,29-30,32-33,35-36,38-39,41-42,44,46,50,52-53,55,61,63,66-67,70-71H,3-4,6,8-10,12,14-16,18,20-22,25,28,31,34,37,40,43,45,47-49,51,54,56-60,62,64-65H2,1-2H3,(H,69,72)/b7-5-,13-11-,19-17-,24-23-,27-26-,30-29-,33-32-,36-35-,39-38-,42-41-,46-44-,52-50-,55-53+,63-61+. The van der Waals surface area contributed by atoms with Crippen LogP contribution in [0.1, 0.15) is 232 Å². The minimum absolute atomic E-state index is 0.105. The van der Waals surface area contributed by atoms with Crippen LogP contribution in [0.25, 0.3) is 0 Å². The van der Waals surface area contributed by atoms with Gasteiger partial charge in [-0.15, -0.1) is 0 Å². The van der Waals surface area contributed by atoms with Crippen molar-refractivity contribution in [1.82, 2.24) is 5.32 Å². The van der Waals surface area contributed by atoms with Gasteiger partial charge in [0, 0.05) is 6.42 Å². The Labute approximate surface area is 445 Å². The Morgan fingerprint density at radius 3 is 0.972 bits per heavy atom. The van der Waals surface area contributed by atoms with Gasteiger partial charge in [0.05, 0.1) is 18.8 Å². The van der Waals surface area contributed by atoms with Gasteiger partial charge in [-0.05, 0) is 122 Å². The lowest BCUT2D eigenvalue weighted by molar-refractivity contribution is -0.123. The predicted octanol–water partition coefficient (Wildman–Crippen LogP) is 19.9. The number of aliphatic hydroxyl groups is 2. The number of amides is 1. The van der Waals surface area contributed by atoms with Crippen LogP contribution in [0.5, 0.6) is 0 Å². The second kappa shape index (κ2) is 61.1. The second-order valence-corrected chi connectivity index (χ2v) is 19.0. The fourth-order valence-electron chi connectivity index (χ4n) is 7.76. The molecule has 0 heterocycles. The van der Waals surface area contributed by atoms with Crippen molar-refractivity contribution < 1.29 is 15.0 Å². The molecule has 0 bridgehead atoms. The molecule has 0 radical (unpaired) electrons. The molecule has 0 aliphatic rings. The lowest BCUT2D eigenvalue weighted by Crippen LogP contribution is -2.45. The third kappa shape index (κ3) is 56.7. The molecular formula is C68H109NO3. The van der Waals surface area contributed by atoms with Crippen molar-refractivity contribution >= 4 is 5.91 Å².